The van der Waals surface area contributed by atoms with Crippen molar-refractivity contribution in [2.24, 2.45) is 0 Å². The van der Waals surface area contributed by atoms with Crippen molar-refractivity contribution in [2.75, 3.05) is 6.54 Å². The van der Waals surface area contributed by atoms with Gasteiger partial charge in [0.05, 0.1) is 0 Å². The lowest BCUT2D eigenvalue weighted by molar-refractivity contribution is 0.503. The number of pyridine rings is 1. The molecule has 2 nitrogen and oxygen atoms in total. The SMILES string of the molecule is c1ccc(CC2CCCCCN2)nc1. The van der Waals surface area contributed by atoms with Crippen LogP contribution in [0, 0.1) is 0 Å². The Bertz CT molecular complexity index is 250. The number of hydrogen-bond acceptors (Lipinski definition) is 2. The number of aromatic nitrogens is 1. The highest BCUT2D eigenvalue weighted by Crippen LogP contribution is 2.11. The standard InChI is InChI=1S/C12H18N2/c1-2-6-11(13-8-4-1)10-12-7-3-5-9-14-12/h3,5,7,9,11,13H,1-2,4,6,8,10H2. The molecule has 0 saturated carbocycles. The Hall–Kier alpha value is -0.890. The summed E-state index contributed by atoms with van der Waals surface area (Å²) in [5.74, 6) is 0. The van der Waals surface area contributed by atoms with Crippen molar-refractivity contribution in [3.05, 3.63) is 30.1 Å². The molecule has 0 amide bonds. The fourth-order valence-corrected chi connectivity index (χ4v) is 2.05. The van der Waals surface area contributed by atoms with Crippen LogP contribution in [0.25, 0.3) is 0 Å². The van der Waals surface area contributed by atoms with Gasteiger partial charge in [0.25, 0.3) is 0 Å². The second-order valence-corrected chi connectivity index (χ2v) is 4.03. The molecule has 2 rings (SSSR count). The van der Waals surface area contributed by atoms with Crippen LogP contribution in [0.5, 0.6) is 0 Å². The van der Waals surface area contributed by atoms with E-state index in [9.17, 15) is 0 Å². The van der Waals surface area contributed by atoms with Gasteiger partial charge in [-0.15, -0.1) is 0 Å². The van der Waals surface area contributed by atoms with E-state index in [1.54, 1.807) is 0 Å². The van der Waals surface area contributed by atoms with Gasteiger partial charge in [0, 0.05) is 24.4 Å². The summed E-state index contributed by atoms with van der Waals surface area (Å²) in [4.78, 5) is 4.36. The van der Waals surface area contributed by atoms with Crippen LogP contribution in [0.2, 0.25) is 0 Å². The first-order valence-corrected chi connectivity index (χ1v) is 5.58. The molecule has 1 aliphatic heterocycles. The van der Waals surface area contributed by atoms with E-state index in [4.69, 9.17) is 0 Å². The maximum atomic E-state index is 4.36. The summed E-state index contributed by atoms with van der Waals surface area (Å²) < 4.78 is 0. The van der Waals surface area contributed by atoms with Gasteiger partial charge in [-0.05, 0) is 31.5 Å². The van der Waals surface area contributed by atoms with Crippen LogP contribution in [0.4, 0.5) is 0 Å². The molecule has 0 aromatic carbocycles. The van der Waals surface area contributed by atoms with Crippen molar-refractivity contribution < 1.29 is 0 Å². The summed E-state index contributed by atoms with van der Waals surface area (Å²) >= 11 is 0. The van der Waals surface area contributed by atoms with E-state index in [-0.39, 0.29) is 0 Å². The van der Waals surface area contributed by atoms with Crippen molar-refractivity contribution in [1.82, 2.24) is 10.3 Å². The van der Waals surface area contributed by atoms with Crippen molar-refractivity contribution in [3.63, 3.8) is 0 Å². The van der Waals surface area contributed by atoms with Gasteiger partial charge in [0.2, 0.25) is 0 Å². The van der Waals surface area contributed by atoms with Gasteiger partial charge in [0.15, 0.2) is 0 Å². The fraction of sp³-hybridized carbons (Fsp3) is 0.583. The molecule has 0 bridgehead atoms. The van der Waals surface area contributed by atoms with Crippen molar-refractivity contribution >= 4 is 0 Å². The quantitative estimate of drug-likeness (QED) is 0.773. The highest BCUT2D eigenvalue weighted by molar-refractivity contribution is 5.05. The summed E-state index contributed by atoms with van der Waals surface area (Å²) in [6.45, 7) is 1.18. The Morgan fingerprint density at radius 2 is 2.29 bits per heavy atom. The topological polar surface area (TPSA) is 24.9 Å². The molecule has 2 heteroatoms. The third-order valence-electron chi connectivity index (χ3n) is 2.84. The minimum atomic E-state index is 0.646. The van der Waals surface area contributed by atoms with E-state index >= 15 is 0 Å². The first-order valence-electron chi connectivity index (χ1n) is 5.58. The summed E-state index contributed by atoms with van der Waals surface area (Å²) in [5, 5.41) is 3.59. The first kappa shape index (κ1) is 9.66. The molecule has 0 radical (unpaired) electrons. The molecule has 1 saturated heterocycles. The molecule has 1 unspecified atom stereocenters. The number of rotatable bonds is 2. The lowest BCUT2D eigenvalue weighted by Crippen LogP contribution is -2.30. The van der Waals surface area contributed by atoms with Gasteiger partial charge in [0.1, 0.15) is 0 Å². The summed E-state index contributed by atoms with van der Waals surface area (Å²) in [5.41, 5.74) is 1.21. The summed E-state index contributed by atoms with van der Waals surface area (Å²) in [7, 11) is 0. The minimum Gasteiger partial charge on any atom is -0.314 e. The molecule has 2 heterocycles. The van der Waals surface area contributed by atoms with E-state index in [1.807, 2.05) is 12.3 Å². The lowest BCUT2D eigenvalue weighted by Gasteiger charge is -2.14. The zero-order chi connectivity index (χ0) is 9.64. The number of nitrogens with one attached hydrogen (secondary N) is 1. The fourth-order valence-electron chi connectivity index (χ4n) is 2.05. The Morgan fingerprint density at radius 3 is 3.14 bits per heavy atom. The minimum absolute atomic E-state index is 0.646. The molecule has 1 fully saturated rings. The predicted molar refractivity (Wildman–Crippen MR) is 58.2 cm³/mol. The molecule has 76 valence electrons. The normalized spacial score (nSPS) is 23.0. The molecule has 1 aromatic rings. The van der Waals surface area contributed by atoms with Crippen molar-refractivity contribution in [1.29, 1.82) is 0 Å². The Balaban J connectivity index is 1.90. The first-order chi connectivity index (χ1) is 6.95. The number of hydrogen-bond donors (Lipinski definition) is 1. The van der Waals surface area contributed by atoms with Crippen LogP contribution in [-0.4, -0.2) is 17.6 Å². The molecule has 1 aromatic heterocycles. The highest BCUT2D eigenvalue weighted by atomic mass is 14.9. The average molecular weight is 190 g/mol. The number of nitrogens with zero attached hydrogens (tertiary/aromatic N) is 1. The van der Waals surface area contributed by atoms with Crippen LogP contribution in [0.3, 0.4) is 0 Å². The van der Waals surface area contributed by atoms with E-state index in [0.29, 0.717) is 6.04 Å². The molecule has 1 aliphatic rings. The van der Waals surface area contributed by atoms with Crippen molar-refractivity contribution in [3.8, 4) is 0 Å². The van der Waals surface area contributed by atoms with Gasteiger partial charge in [-0.3, -0.25) is 4.98 Å². The Kier molecular flexibility index (Phi) is 3.52. The average Bonchev–Trinajstić information content (AvgIpc) is 2.48. The maximum absolute atomic E-state index is 4.36. The van der Waals surface area contributed by atoms with Gasteiger partial charge >= 0.3 is 0 Å². The lowest BCUT2D eigenvalue weighted by atomic mass is 10.1. The zero-order valence-corrected chi connectivity index (χ0v) is 8.58. The second-order valence-electron chi connectivity index (χ2n) is 4.03. The van der Waals surface area contributed by atoms with Crippen molar-refractivity contribution in [2.45, 2.75) is 38.1 Å². The molecular formula is C12H18N2. The second kappa shape index (κ2) is 5.11. The van der Waals surface area contributed by atoms with E-state index in [0.717, 1.165) is 6.42 Å². The zero-order valence-electron chi connectivity index (χ0n) is 8.58. The van der Waals surface area contributed by atoms with Crippen LogP contribution in [0.15, 0.2) is 24.4 Å². The maximum Gasteiger partial charge on any atom is 0.0419 e. The molecule has 14 heavy (non-hydrogen) atoms. The van der Waals surface area contributed by atoms with Gasteiger partial charge in [-0.2, -0.15) is 0 Å². The Morgan fingerprint density at radius 1 is 1.29 bits per heavy atom. The van der Waals surface area contributed by atoms with Gasteiger partial charge < -0.3 is 5.32 Å². The largest absolute Gasteiger partial charge is 0.314 e. The third kappa shape index (κ3) is 2.81. The highest BCUT2D eigenvalue weighted by Gasteiger charge is 2.11. The molecular weight excluding hydrogens is 172 g/mol. The summed E-state index contributed by atoms with van der Waals surface area (Å²) in [6.07, 6.45) is 8.35. The third-order valence-corrected chi connectivity index (χ3v) is 2.84. The monoisotopic (exact) mass is 190 g/mol. The van der Waals surface area contributed by atoms with E-state index in [2.05, 4.69) is 22.4 Å². The summed E-state index contributed by atoms with van der Waals surface area (Å²) in [6, 6.07) is 6.81. The smallest absolute Gasteiger partial charge is 0.0419 e. The molecule has 0 spiro atoms. The van der Waals surface area contributed by atoms with Crippen LogP contribution >= 0.6 is 0 Å². The van der Waals surface area contributed by atoms with E-state index in [1.165, 1.54) is 37.9 Å². The van der Waals surface area contributed by atoms with Gasteiger partial charge in [-0.1, -0.05) is 18.9 Å². The van der Waals surface area contributed by atoms with Crippen LogP contribution in [-0.2, 0) is 6.42 Å². The van der Waals surface area contributed by atoms with E-state index < -0.39 is 0 Å². The van der Waals surface area contributed by atoms with Crippen LogP contribution in [0.1, 0.15) is 31.4 Å². The molecule has 0 aliphatic carbocycles. The van der Waals surface area contributed by atoms with Gasteiger partial charge in [-0.25, -0.2) is 0 Å². The Labute approximate surface area is 85.7 Å². The molecule has 1 N–H and O–H groups in total. The molecule has 1 atom stereocenters. The predicted octanol–water partition coefficient (Wildman–Crippen LogP) is 2.16. The van der Waals surface area contributed by atoms with Crippen LogP contribution < -0.4 is 5.32 Å².